The van der Waals surface area contributed by atoms with Crippen molar-refractivity contribution in [1.29, 1.82) is 0 Å². The smallest absolute Gasteiger partial charge is 0.328 e. The van der Waals surface area contributed by atoms with Gasteiger partial charge in [-0.25, -0.2) is 4.79 Å². The Morgan fingerprint density at radius 1 is 1.35 bits per heavy atom. The molecule has 1 aromatic rings. The predicted molar refractivity (Wildman–Crippen MR) is 58.7 cm³/mol. The lowest BCUT2D eigenvalue weighted by Gasteiger charge is -2.12. The third kappa shape index (κ3) is 2.87. The number of carbonyl (C=O) groups is 2. The maximum absolute atomic E-state index is 11.7. The van der Waals surface area contributed by atoms with Crippen LogP contribution in [0.2, 0.25) is 0 Å². The Balaban J connectivity index is 2.84. The molecular weight excluding hydrogens is 226 g/mol. The van der Waals surface area contributed by atoms with Crippen LogP contribution in [0.4, 0.5) is 0 Å². The summed E-state index contributed by atoms with van der Waals surface area (Å²) in [7, 11) is 1.21. The van der Waals surface area contributed by atoms with E-state index in [-0.39, 0.29) is 5.56 Å². The number of carbonyl (C=O) groups excluding carboxylic acids is 2. The van der Waals surface area contributed by atoms with Crippen molar-refractivity contribution in [3.05, 3.63) is 23.8 Å². The van der Waals surface area contributed by atoms with E-state index in [0.29, 0.717) is 0 Å². The molecule has 0 aliphatic carbocycles. The lowest BCUT2D eigenvalue weighted by molar-refractivity contribution is -0.142. The number of para-hydroxylation sites is 1. The molecule has 17 heavy (non-hydrogen) atoms. The second-order valence-corrected chi connectivity index (χ2v) is 3.39. The fourth-order valence-corrected chi connectivity index (χ4v) is 1.22. The van der Waals surface area contributed by atoms with Gasteiger partial charge in [-0.3, -0.25) is 4.79 Å². The summed E-state index contributed by atoms with van der Waals surface area (Å²) in [5.74, 6) is -2.19. The summed E-state index contributed by atoms with van der Waals surface area (Å²) < 4.78 is 4.44. The first-order valence-corrected chi connectivity index (χ1v) is 4.87. The number of amides is 1. The van der Waals surface area contributed by atoms with Crippen molar-refractivity contribution in [2.75, 3.05) is 7.11 Å². The van der Waals surface area contributed by atoms with E-state index in [4.69, 9.17) is 0 Å². The molecule has 6 heteroatoms. The van der Waals surface area contributed by atoms with Crippen molar-refractivity contribution in [2.45, 2.75) is 13.0 Å². The van der Waals surface area contributed by atoms with Crippen molar-refractivity contribution in [2.24, 2.45) is 0 Å². The van der Waals surface area contributed by atoms with E-state index in [1.54, 1.807) is 0 Å². The van der Waals surface area contributed by atoms with Crippen LogP contribution in [0.1, 0.15) is 17.3 Å². The first-order valence-electron chi connectivity index (χ1n) is 4.87. The maximum atomic E-state index is 11.7. The fraction of sp³-hybridized carbons (Fsp3) is 0.273. The molecule has 92 valence electrons. The standard InChI is InChI=1S/C11H13NO5/c1-6(11(16)17-2)12-10(15)7-4-3-5-8(13)9(7)14/h3-6,13-14H,1-2H3,(H,12,15). The average Bonchev–Trinajstić information content (AvgIpc) is 2.31. The molecule has 0 radical (unpaired) electrons. The van der Waals surface area contributed by atoms with Crippen LogP contribution in [0.5, 0.6) is 11.5 Å². The van der Waals surface area contributed by atoms with Crippen LogP contribution >= 0.6 is 0 Å². The van der Waals surface area contributed by atoms with Crippen molar-refractivity contribution < 1.29 is 24.5 Å². The molecule has 0 saturated heterocycles. The number of aromatic hydroxyl groups is 2. The van der Waals surface area contributed by atoms with Gasteiger partial charge in [0.1, 0.15) is 6.04 Å². The molecule has 1 aromatic carbocycles. The van der Waals surface area contributed by atoms with Gasteiger partial charge in [0.25, 0.3) is 5.91 Å². The number of phenols is 2. The molecule has 0 spiro atoms. The zero-order valence-electron chi connectivity index (χ0n) is 9.43. The molecule has 1 unspecified atom stereocenters. The van der Waals surface area contributed by atoms with Gasteiger partial charge in [-0.2, -0.15) is 0 Å². The van der Waals surface area contributed by atoms with Gasteiger partial charge in [-0.05, 0) is 19.1 Å². The van der Waals surface area contributed by atoms with Gasteiger partial charge in [0, 0.05) is 0 Å². The lowest BCUT2D eigenvalue weighted by atomic mass is 10.1. The molecule has 1 atom stereocenters. The van der Waals surface area contributed by atoms with E-state index in [1.165, 1.54) is 32.2 Å². The summed E-state index contributed by atoms with van der Waals surface area (Å²) >= 11 is 0. The summed E-state index contributed by atoms with van der Waals surface area (Å²) in [6.45, 7) is 1.45. The molecule has 3 N–H and O–H groups in total. The molecule has 0 aromatic heterocycles. The summed E-state index contributed by atoms with van der Waals surface area (Å²) in [5, 5.41) is 21.0. The van der Waals surface area contributed by atoms with Gasteiger partial charge in [0.2, 0.25) is 0 Å². The van der Waals surface area contributed by atoms with Gasteiger partial charge in [0.05, 0.1) is 12.7 Å². The number of rotatable bonds is 3. The SMILES string of the molecule is COC(=O)C(C)NC(=O)c1cccc(O)c1O. The summed E-state index contributed by atoms with van der Waals surface area (Å²) in [6.07, 6.45) is 0. The van der Waals surface area contributed by atoms with Gasteiger partial charge < -0.3 is 20.3 Å². The van der Waals surface area contributed by atoms with Gasteiger partial charge in [-0.15, -0.1) is 0 Å². The van der Waals surface area contributed by atoms with E-state index in [0.717, 1.165) is 0 Å². The van der Waals surface area contributed by atoms with Gasteiger partial charge in [0.15, 0.2) is 11.5 Å². The first-order chi connectivity index (χ1) is 7.97. The van der Waals surface area contributed by atoms with E-state index in [2.05, 4.69) is 10.1 Å². The third-order valence-electron chi connectivity index (χ3n) is 2.16. The molecule has 0 fully saturated rings. The largest absolute Gasteiger partial charge is 0.504 e. The van der Waals surface area contributed by atoms with Crippen molar-refractivity contribution in [1.82, 2.24) is 5.32 Å². The summed E-state index contributed by atoms with van der Waals surface area (Å²) in [5.41, 5.74) is -0.110. The number of nitrogens with one attached hydrogen (secondary N) is 1. The summed E-state index contributed by atoms with van der Waals surface area (Å²) in [6, 6.07) is 3.14. The molecule has 1 amide bonds. The van der Waals surface area contributed by atoms with Crippen LogP contribution in [0.15, 0.2) is 18.2 Å². The molecule has 1 rings (SSSR count). The molecule has 0 heterocycles. The fourth-order valence-electron chi connectivity index (χ4n) is 1.22. The highest BCUT2D eigenvalue weighted by atomic mass is 16.5. The zero-order chi connectivity index (χ0) is 13.0. The first kappa shape index (κ1) is 12.8. The number of ether oxygens (including phenoxy) is 1. The number of hydrogen-bond donors (Lipinski definition) is 3. The Bertz CT molecular complexity index is 443. The Hall–Kier alpha value is -2.24. The zero-order valence-corrected chi connectivity index (χ0v) is 9.43. The molecular formula is C11H13NO5. The highest BCUT2D eigenvalue weighted by molar-refractivity contribution is 5.99. The normalized spacial score (nSPS) is 11.6. The molecule has 6 nitrogen and oxygen atoms in total. The number of hydrogen-bond acceptors (Lipinski definition) is 5. The average molecular weight is 239 g/mol. The topological polar surface area (TPSA) is 95.9 Å². The van der Waals surface area contributed by atoms with Crippen LogP contribution in [-0.4, -0.2) is 35.2 Å². The Morgan fingerprint density at radius 2 is 2.00 bits per heavy atom. The maximum Gasteiger partial charge on any atom is 0.328 e. The second-order valence-electron chi connectivity index (χ2n) is 3.39. The molecule has 0 aliphatic heterocycles. The van der Waals surface area contributed by atoms with Crippen molar-refractivity contribution >= 4 is 11.9 Å². The van der Waals surface area contributed by atoms with Crippen LogP contribution in [0.3, 0.4) is 0 Å². The minimum absolute atomic E-state index is 0.110. The van der Waals surface area contributed by atoms with Crippen LogP contribution < -0.4 is 5.32 Å². The molecule has 0 aliphatic rings. The number of esters is 1. The van der Waals surface area contributed by atoms with Crippen LogP contribution in [0, 0.1) is 0 Å². The Labute approximate surface area is 97.8 Å². The van der Waals surface area contributed by atoms with Gasteiger partial charge >= 0.3 is 5.97 Å². The molecule has 0 saturated carbocycles. The summed E-state index contributed by atoms with van der Waals surface area (Å²) in [4.78, 5) is 22.7. The van der Waals surface area contributed by atoms with E-state index in [9.17, 15) is 19.8 Å². The third-order valence-corrected chi connectivity index (χ3v) is 2.16. The highest BCUT2D eigenvalue weighted by Gasteiger charge is 2.19. The second kappa shape index (κ2) is 5.20. The van der Waals surface area contributed by atoms with E-state index < -0.39 is 29.4 Å². The predicted octanol–water partition coefficient (Wildman–Crippen LogP) is 0.389. The van der Waals surface area contributed by atoms with Crippen molar-refractivity contribution in [3.8, 4) is 11.5 Å². The van der Waals surface area contributed by atoms with E-state index >= 15 is 0 Å². The van der Waals surface area contributed by atoms with Crippen LogP contribution in [-0.2, 0) is 9.53 Å². The quantitative estimate of drug-likeness (QED) is 0.523. The minimum Gasteiger partial charge on any atom is -0.504 e. The number of benzene rings is 1. The molecule has 0 bridgehead atoms. The Morgan fingerprint density at radius 3 is 2.59 bits per heavy atom. The highest BCUT2D eigenvalue weighted by Crippen LogP contribution is 2.27. The van der Waals surface area contributed by atoms with Gasteiger partial charge in [-0.1, -0.05) is 6.07 Å². The lowest BCUT2D eigenvalue weighted by Crippen LogP contribution is -2.39. The van der Waals surface area contributed by atoms with E-state index in [1.807, 2.05) is 0 Å². The van der Waals surface area contributed by atoms with Crippen molar-refractivity contribution in [3.63, 3.8) is 0 Å². The number of methoxy groups -OCH3 is 1. The minimum atomic E-state index is -0.839. The Kier molecular flexibility index (Phi) is 3.92. The monoisotopic (exact) mass is 239 g/mol. The van der Waals surface area contributed by atoms with Crippen LogP contribution in [0.25, 0.3) is 0 Å². The number of phenolic OH excluding ortho intramolecular Hbond substituents is 2.